The van der Waals surface area contributed by atoms with Crippen LogP contribution in [0.5, 0.6) is 0 Å². The number of nitrogens with zero attached hydrogens (tertiary/aromatic N) is 4. The van der Waals surface area contributed by atoms with E-state index in [1.807, 2.05) is 36.4 Å². The fraction of sp³-hybridized carbons (Fsp3) is 0.125. The number of nitriles is 1. The fourth-order valence-electron chi connectivity index (χ4n) is 2.19. The van der Waals surface area contributed by atoms with Gasteiger partial charge in [0.05, 0.1) is 11.2 Å². The molecule has 0 atom stereocenters. The van der Waals surface area contributed by atoms with Gasteiger partial charge in [0.1, 0.15) is 6.07 Å². The lowest BCUT2D eigenvalue weighted by atomic mass is 10.1. The van der Waals surface area contributed by atoms with Crippen LogP contribution in [0.15, 0.2) is 48.8 Å². The largest absolute Gasteiger partial charge is 0.382 e. The molecule has 0 saturated heterocycles. The third-order valence-electron chi connectivity index (χ3n) is 3.24. The van der Waals surface area contributed by atoms with Crippen LogP contribution in [0.3, 0.4) is 0 Å². The summed E-state index contributed by atoms with van der Waals surface area (Å²) in [6.07, 6.45) is 4.41. The van der Waals surface area contributed by atoms with Crippen LogP contribution < -0.4 is 5.32 Å². The van der Waals surface area contributed by atoms with Crippen LogP contribution in [0, 0.1) is 11.3 Å². The molecule has 5 nitrogen and oxygen atoms in total. The van der Waals surface area contributed by atoms with E-state index in [-0.39, 0.29) is 0 Å². The van der Waals surface area contributed by atoms with Gasteiger partial charge in [-0.15, -0.1) is 10.2 Å². The molecule has 0 aliphatic carbocycles. The first-order valence-corrected chi connectivity index (χ1v) is 6.67. The van der Waals surface area contributed by atoms with E-state index in [1.165, 1.54) is 5.56 Å². The fourth-order valence-corrected chi connectivity index (χ4v) is 2.19. The molecule has 0 aliphatic rings. The molecule has 0 radical (unpaired) electrons. The van der Waals surface area contributed by atoms with Crippen molar-refractivity contribution in [3.8, 4) is 6.07 Å². The summed E-state index contributed by atoms with van der Waals surface area (Å²) in [7, 11) is 0. The summed E-state index contributed by atoms with van der Waals surface area (Å²) in [4.78, 5) is 4.00. The Bertz CT molecular complexity index is 793. The van der Waals surface area contributed by atoms with Crippen LogP contribution in [-0.2, 0) is 6.42 Å². The summed E-state index contributed by atoms with van der Waals surface area (Å²) in [5, 5.41) is 21.4. The standard InChI is InChI=1S/C16H13N5/c17-11-15-16(13-3-1-2-4-14(13)20-21-15)19-10-7-12-5-8-18-9-6-12/h1-6,8-9H,7,10H2,(H,19,20). The molecule has 0 aliphatic heterocycles. The first-order chi connectivity index (χ1) is 10.4. The van der Waals surface area contributed by atoms with E-state index >= 15 is 0 Å². The second-order valence-corrected chi connectivity index (χ2v) is 4.58. The lowest BCUT2D eigenvalue weighted by molar-refractivity contribution is 0.996. The summed E-state index contributed by atoms with van der Waals surface area (Å²) in [5.41, 5.74) is 3.05. The highest BCUT2D eigenvalue weighted by atomic mass is 15.1. The van der Waals surface area contributed by atoms with Gasteiger partial charge < -0.3 is 5.32 Å². The maximum atomic E-state index is 9.19. The zero-order chi connectivity index (χ0) is 14.5. The Morgan fingerprint density at radius 1 is 1.05 bits per heavy atom. The molecule has 3 aromatic rings. The predicted molar refractivity (Wildman–Crippen MR) is 80.7 cm³/mol. The average Bonchev–Trinajstić information content (AvgIpc) is 2.56. The Hall–Kier alpha value is -3.00. The number of aromatic nitrogens is 3. The number of hydrogen-bond acceptors (Lipinski definition) is 5. The van der Waals surface area contributed by atoms with Crippen LogP contribution in [-0.4, -0.2) is 21.7 Å². The number of rotatable bonds is 4. The molecule has 1 N–H and O–H groups in total. The monoisotopic (exact) mass is 275 g/mol. The van der Waals surface area contributed by atoms with Crippen molar-refractivity contribution in [1.29, 1.82) is 5.26 Å². The molecule has 2 heterocycles. The van der Waals surface area contributed by atoms with Crippen molar-refractivity contribution >= 4 is 16.6 Å². The third kappa shape index (κ3) is 2.79. The van der Waals surface area contributed by atoms with Crippen molar-refractivity contribution in [2.24, 2.45) is 0 Å². The van der Waals surface area contributed by atoms with Gasteiger partial charge in [-0.2, -0.15) is 5.26 Å². The molecule has 0 saturated carbocycles. The van der Waals surface area contributed by atoms with Crippen LogP contribution >= 0.6 is 0 Å². The van der Waals surface area contributed by atoms with E-state index in [2.05, 4.69) is 26.6 Å². The summed E-state index contributed by atoms with van der Waals surface area (Å²) >= 11 is 0. The number of hydrogen-bond donors (Lipinski definition) is 1. The van der Waals surface area contributed by atoms with Crippen LogP contribution in [0.2, 0.25) is 0 Å². The summed E-state index contributed by atoms with van der Waals surface area (Å²) in [6.45, 7) is 0.717. The smallest absolute Gasteiger partial charge is 0.186 e. The zero-order valence-electron chi connectivity index (χ0n) is 11.3. The molecular formula is C16H13N5. The van der Waals surface area contributed by atoms with Gasteiger partial charge in [-0.3, -0.25) is 4.98 Å². The minimum atomic E-state index is 0.323. The molecule has 0 fully saturated rings. The SMILES string of the molecule is N#Cc1nnc2ccccc2c1NCCc1ccncc1. The Balaban J connectivity index is 1.84. The Morgan fingerprint density at radius 2 is 1.86 bits per heavy atom. The topological polar surface area (TPSA) is 74.5 Å². The van der Waals surface area contributed by atoms with Gasteiger partial charge in [-0.25, -0.2) is 0 Å². The maximum absolute atomic E-state index is 9.19. The molecule has 0 bridgehead atoms. The molecule has 21 heavy (non-hydrogen) atoms. The van der Waals surface area contributed by atoms with Crippen LogP contribution in [0.1, 0.15) is 11.3 Å². The van der Waals surface area contributed by atoms with Crippen LogP contribution in [0.4, 0.5) is 5.69 Å². The van der Waals surface area contributed by atoms with Gasteiger partial charge >= 0.3 is 0 Å². The molecule has 0 amide bonds. The van der Waals surface area contributed by atoms with Gasteiger partial charge in [0.15, 0.2) is 5.69 Å². The lowest BCUT2D eigenvalue weighted by Gasteiger charge is -2.10. The van der Waals surface area contributed by atoms with Gasteiger partial charge in [0.2, 0.25) is 0 Å². The van der Waals surface area contributed by atoms with E-state index in [1.54, 1.807) is 12.4 Å². The minimum Gasteiger partial charge on any atom is -0.382 e. The average molecular weight is 275 g/mol. The first-order valence-electron chi connectivity index (χ1n) is 6.67. The quantitative estimate of drug-likeness (QED) is 0.792. The Kier molecular flexibility index (Phi) is 3.70. The summed E-state index contributed by atoms with van der Waals surface area (Å²) < 4.78 is 0. The number of pyridine rings is 1. The van der Waals surface area contributed by atoms with Crippen molar-refractivity contribution < 1.29 is 0 Å². The summed E-state index contributed by atoms with van der Waals surface area (Å²) in [5.74, 6) is 0. The second-order valence-electron chi connectivity index (χ2n) is 4.58. The highest BCUT2D eigenvalue weighted by molar-refractivity contribution is 5.92. The second kappa shape index (κ2) is 5.97. The highest BCUT2D eigenvalue weighted by Gasteiger charge is 2.09. The van der Waals surface area contributed by atoms with E-state index in [0.717, 1.165) is 23.0 Å². The summed E-state index contributed by atoms with van der Waals surface area (Å²) in [6, 6.07) is 13.7. The number of nitrogens with one attached hydrogen (secondary N) is 1. The number of fused-ring (bicyclic) bond motifs is 1. The van der Waals surface area contributed by atoms with Crippen molar-refractivity contribution in [2.75, 3.05) is 11.9 Å². The molecular weight excluding hydrogens is 262 g/mol. The number of anilines is 1. The number of benzene rings is 1. The normalized spacial score (nSPS) is 10.2. The lowest BCUT2D eigenvalue weighted by Crippen LogP contribution is -2.08. The van der Waals surface area contributed by atoms with Crippen molar-refractivity contribution in [2.45, 2.75) is 6.42 Å². The molecule has 0 spiro atoms. The van der Waals surface area contributed by atoms with Gasteiger partial charge in [0.25, 0.3) is 0 Å². The molecule has 5 heteroatoms. The third-order valence-corrected chi connectivity index (χ3v) is 3.24. The Labute approximate surface area is 122 Å². The molecule has 3 rings (SSSR count). The van der Waals surface area contributed by atoms with E-state index in [9.17, 15) is 5.26 Å². The van der Waals surface area contributed by atoms with Crippen molar-refractivity contribution in [1.82, 2.24) is 15.2 Å². The van der Waals surface area contributed by atoms with Gasteiger partial charge in [-0.05, 0) is 30.2 Å². The zero-order valence-corrected chi connectivity index (χ0v) is 11.3. The highest BCUT2D eigenvalue weighted by Crippen LogP contribution is 2.23. The minimum absolute atomic E-state index is 0.323. The maximum Gasteiger partial charge on any atom is 0.186 e. The van der Waals surface area contributed by atoms with Gasteiger partial charge in [0, 0.05) is 24.3 Å². The van der Waals surface area contributed by atoms with E-state index in [4.69, 9.17) is 0 Å². The van der Waals surface area contributed by atoms with Crippen LogP contribution in [0.25, 0.3) is 10.9 Å². The molecule has 1 aromatic carbocycles. The van der Waals surface area contributed by atoms with E-state index < -0.39 is 0 Å². The van der Waals surface area contributed by atoms with Gasteiger partial charge in [-0.1, -0.05) is 18.2 Å². The molecule has 2 aromatic heterocycles. The Morgan fingerprint density at radius 3 is 2.67 bits per heavy atom. The van der Waals surface area contributed by atoms with Crippen molar-refractivity contribution in [3.05, 3.63) is 60.0 Å². The van der Waals surface area contributed by atoms with Crippen molar-refractivity contribution in [3.63, 3.8) is 0 Å². The molecule has 102 valence electrons. The first kappa shape index (κ1) is 13.0. The predicted octanol–water partition coefficient (Wildman–Crippen LogP) is 2.55. The molecule has 0 unspecified atom stereocenters. The van der Waals surface area contributed by atoms with E-state index in [0.29, 0.717) is 12.2 Å².